The first-order valence-corrected chi connectivity index (χ1v) is 9.70. The number of carbonyl (C=O) groups excluding carboxylic acids is 2. The number of piperidine rings is 1. The van der Waals surface area contributed by atoms with E-state index in [9.17, 15) is 9.59 Å². The first-order chi connectivity index (χ1) is 12.4. The summed E-state index contributed by atoms with van der Waals surface area (Å²) < 4.78 is 1.74. The van der Waals surface area contributed by atoms with Gasteiger partial charge in [-0.15, -0.1) is 0 Å². The molecule has 2 aliphatic rings. The summed E-state index contributed by atoms with van der Waals surface area (Å²) in [6, 6.07) is 1.85. The Morgan fingerprint density at radius 1 is 1.12 bits per heavy atom. The maximum Gasteiger partial charge on any atom is 0.274 e. The topological polar surface area (TPSA) is 61.7 Å². The van der Waals surface area contributed by atoms with Crippen LogP contribution >= 0.6 is 0 Å². The van der Waals surface area contributed by atoms with E-state index in [0.717, 1.165) is 64.2 Å². The lowest BCUT2D eigenvalue weighted by atomic mass is 9.93. The lowest BCUT2D eigenvalue weighted by molar-refractivity contribution is -0.133. The SMILES string of the molecule is Cc1cc(C(=O)N2CCCC(CCC(=O)N3CCN(C)CC3)C2)nn1C. The zero-order valence-electron chi connectivity index (χ0n) is 16.3. The number of rotatable bonds is 4. The van der Waals surface area contributed by atoms with Gasteiger partial charge in [0.2, 0.25) is 5.91 Å². The van der Waals surface area contributed by atoms with Crippen LogP contribution in [0.1, 0.15) is 41.9 Å². The average molecular weight is 361 g/mol. The van der Waals surface area contributed by atoms with E-state index in [1.807, 2.05) is 29.8 Å². The van der Waals surface area contributed by atoms with Gasteiger partial charge in [-0.2, -0.15) is 5.10 Å². The molecule has 7 nitrogen and oxygen atoms in total. The van der Waals surface area contributed by atoms with Gasteiger partial charge in [-0.05, 0) is 45.2 Å². The molecule has 2 amide bonds. The van der Waals surface area contributed by atoms with Crippen LogP contribution in [-0.4, -0.2) is 82.6 Å². The molecule has 7 heteroatoms. The summed E-state index contributed by atoms with van der Waals surface area (Å²) in [5.41, 5.74) is 1.51. The standard InChI is InChI=1S/C19H31N5O2/c1-15-13-17(20-22(15)3)19(26)24-8-4-5-16(14-24)6-7-18(25)23-11-9-21(2)10-12-23/h13,16H,4-12,14H2,1-3H3. The Morgan fingerprint density at radius 2 is 1.85 bits per heavy atom. The third kappa shape index (κ3) is 4.44. The molecule has 3 rings (SSSR count). The molecular weight excluding hydrogens is 330 g/mol. The molecule has 26 heavy (non-hydrogen) atoms. The lowest BCUT2D eigenvalue weighted by Crippen LogP contribution is -2.47. The maximum absolute atomic E-state index is 12.7. The van der Waals surface area contributed by atoms with E-state index < -0.39 is 0 Å². The summed E-state index contributed by atoms with van der Waals surface area (Å²) in [7, 11) is 3.95. The van der Waals surface area contributed by atoms with Crippen LogP contribution in [-0.2, 0) is 11.8 Å². The van der Waals surface area contributed by atoms with Crippen molar-refractivity contribution in [3.63, 3.8) is 0 Å². The Morgan fingerprint density at radius 3 is 2.50 bits per heavy atom. The smallest absolute Gasteiger partial charge is 0.274 e. The Labute approximate surface area is 155 Å². The van der Waals surface area contributed by atoms with Crippen molar-refractivity contribution in [2.75, 3.05) is 46.3 Å². The molecule has 3 heterocycles. The van der Waals surface area contributed by atoms with Gasteiger partial charge < -0.3 is 14.7 Å². The minimum atomic E-state index is 0.0174. The molecule has 2 aliphatic heterocycles. The predicted octanol–water partition coefficient (Wildman–Crippen LogP) is 1.13. The molecule has 2 saturated heterocycles. The summed E-state index contributed by atoms with van der Waals surface area (Å²) in [5.74, 6) is 0.694. The van der Waals surface area contributed by atoms with E-state index in [4.69, 9.17) is 0 Å². The fourth-order valence-corrected chi connectivity index (χ4v) is 3.85. The fraction of sp³-hybridized carbons (Fsp3) is 0.737. The third-order valence-corrected chi connectivity index (χ3v) is 5.76. The van der Waals surface area contributed by atoms with Crippen LogP contribution in [0, 0.1) is 12.8 Å². The molecule has 1 unspecified atom stereocenters. The number of piperazine rings is 1. The number of hydrogen-bond donors (Lipinski definition) is 0. The summed E-state index contributed by atoms with van der Waals surface area (Å²) in [4.78, 5) is 31.3. The van der Waals surface area contributed by atoms with Gasteiger partial charge in [0.25, 0.3) is 5.91 Å². The van der Waals surface area contributed by atoms with Crippen molar-refractivity contribution in [3.8, 4) is 0 Å². The van der Waals surface area contributed by atoms with Gasteiger partial charge >= 0.3 is 0 Å². The van der Waals surface area contributed by atoms with E-state index in [-0.39, 0.29) is 11.8 Å². The Bertz CT molecular complexity index is 629. The van der Waals surface area contributed by atoms with Crippen molar-refractivity contribution in [3.05, 3.63) is 17.5 Å². The largest absolute Gasteiger partial charge is 0.340 e. The van der Waals surface area contributed by atoms with Crippen molar-refractivity contribution in [1.29, 1.82) is 0 Å². The molecule has 1 aromatic heterocycles. The second-order valence-electron chi connectivity index (χ2n) is 7.78. The number of likely N-dealkylation sites (N-methyl/N-ethyl adjacent to an activating group) is 1. The summed E-state index contributed by atoms with van der Waals surface area (Å²) in [6.07, 6.45) is 3.57. The molecule has 0 radical (unpaired) electrons. The molecule has 0 aromatic carbocycles. The Kier molecular flexibility index (Phi) is 5.96. The Hall–Kier alpha value is -1.89. The molecule has 0 N–H and O–H groups in total. The minimum Gasteiger partial charge on any atom is -0.340 e. The zero-order valence-corrected chi connectivity index (χ0v) is 16.3. The number of nitrogens with zero attached hydrogens (tertiary/aromatic N) is 5. The molecule has 1 atom stereocenters. The number of aryl methyl sites for hydroxylation is 2. The average Bonchev–Trinajstić information content (AvgIpc) is 2.98. The predicted molar refractivity (Wildman–Crippen MR) is 99.9 cm³/mol. The highest BCUT2D eigenvalue weighted by Gasteiger charge is 2.27. The molecule has 2 fully saturated rings. The number of hydrogen-bond acceptors (Lipinski definition) is 4. The second-order valence-corrected chi connectivity index (χ2v) is 7.78. The highest BCUT2D eigenvalue weighted by Crippen LogP contribution is 2.23. The van der Waals surface area contributed by atoms with Crippen molar-refractivity contribution < 1.29 is 9.59 Å². The van der Waals surface area contributed by atoms with Gasteiger partial charge in [-0.3, -0.25) is 14.3 Å². The third-order valence-electron chi connectivity index (χ3n) is 5.76. The first-order valence-electron chi connectivity index (χ1n) is 9.70. The van der Waals surface area contributed by atoms with Crippen molar-refractivity contribution in [1.82, 2.24) is 24.5 Å². The van der Waals surface area contributed by atoms with E-state index in [1.54, 1.807) is 4.68 Å². The van der Waals surface area contributed by atoms with Crippen molar-refractivity contribution in [2.24, 2.45) is 13.0 Å². The maximum atomic E-state index is 12.7. The number of carbonyl (C=O) groups is 2. The van der Waals surface area contributed by atoms with Crippen LogP contribution in [0.5, 0.6) is 0 Å². The molecule has 0 spiro atoms. The van der Waals surface area contributed by atoms with Crippen LogP contribution in [0.4, 0.5) is 0 Å². The molecular formula is C19H31N5O2. The van der Waals surface area contributed by atoms with Gasteiger partial charge in [-0.1, -0.05) is 0 Å². The minimum absolute atomic E-state index is 0.0174. The molecule has 0 bridgehead atoms. The summed E-state index contributed by atoms with van der Waals surface area (Å²) in [5, 5.41) is 4.31. The second kappa shape index (κ2) is 8.20. The number of amides is 2. The number of aromatic nitrogens is 2. The molecule has 1 aromatic rings. The Balaban J connectivity index is 1.49. The molecule has 0 aliphatic carbocycles. The van der Waals surface area contributed by atoms with E-state index >= 15 is 0 Å². The van der Waals surface area contributed by atoms with Gasteiger partial charge in [0.05, 0.1) is 0 Å². The first kappa shape index (κ1) is 18.9. The number of likely N-dealkylation sites (tertiary alicyclic amines) is 1. The van der Waals surface area contributed by atoms with Gasteiger partial charge in [0.1, 0.15) is 0 Å². The van der Waals surface area contributed by atoms with Crippen LogP contribution < -0.4 is 0 Å². The van der Waals surface area contributed by atoms with Crippen LogP contribution in [0.25, 0.3) is 0 Å². The van der Waals surface area contributed by atoms with Crippen LogP contribution in [0.2, 0.25) is 0 Å². The van der Waals surface area contributed by atoms with Crippen LogP contribution in [0.15, 0.2) is 6.07 Å². The lowest BCUT2D eigenvalue weighted by Gasteiger charge is -2.34. The monoisotopic (exact) mass is 361 g/mol. The summed E-state index contributed by atoms with van der Waals surface area (Å²) in [6.45, 7) is 7.07. The van der Waals surface area contributed by atoms with Gasteiger partial charge in [0.15, 0.2) is 5.69 Å². The van der Waals surface area contributed by atoms with Crippen molar-refractivity contribution in [2.45, 2.75) is 32.6 Å². The van der Waals surface area contributed by atoms with Crippen LogP contribution in [0.3, 0.4) is 0 Å². The van der Waals surface area contributed by atoms with E-state index in [0.29, 0.717) is 18.0 Å². The van der Waals surface area contributed by atoms with Gasteiger partial charge in [-0.25, -0.2) is 0 Å². The van der Waals surface area contributed by atoms with E-state index in [1.165, 1.54) is 0 Å². The normalized spacial score (nSPS) is 21.9. The molecule has 144 valence electrons. The van der Waals surface area contributed by atoms with Crippen molar-refractivity contribution >= 4 is 11.8 Å². The zero-order chi connectivity index (χ0) is 18.7. The summed E-state index contributed by atoms with van der Waals surface area (Å²) >= 11 is 0. The highest BCUT2D eigenvalue weighted by molar-refractivity contribution is 5.92. The highest BCUT2D eigenvalue weighted by atomic mass is 16.2. The van der Waals surface area contributed by atoms with Gasteiger partial charge in [0, 0.05) is 58.4 Å². The fourth-order valence-electron chi connectivity index (χ4n) is 3.85. The van der Waals surface area contributed by atoms with E-state index in [2.05, 4.69) is 17.0 Å². The quantitative estimate of drug-likeness (QED) is 0.807. The molecule has 0 saturated carbocycles.